The molecule has 0 aliphatic carbocycles. The molecular formula is C22H14N2O7. The Kier molecular flexibility index (Phi) is 3.60. The summed E-state index contributed by atoms with van der Waals surface area (Å²) < 4.78 is 17.4. The van der Waals surface area contributed by atoms with Crippen LogP contribution in [0.25, 0.3) is 28.4 Å². The molecule has 1 atom stereocenters. The zero-order chi connectivity index (χ0) is 21.3. The van der Waals surface area contributed by atoms with Crippen LogP contribution in [0.5, 0.6) is 11.5 Å². The second-order valence-electron chi connectivity index (χ2n) is 7.44. The Morgan fingerprint density at radius 2 is 1.90 bits per heavy atom. The first-order chi connectivity index (χ1) is 15.1. The van der Waals surface area contributed by atoms with Crippen LogP contribution in [0.15, 0.2) is 29.1 Å². The number of nitrogens with zero attached hydrogens (tertiary/aromatic N) is 2. The van der Waals surface area contributed by atoms with E-state index in [2.05, 4.69) is 0 Å². The van der Waals surface area contributed by atoms with Crippen LogP contribution < -0.4 is 15.0 Å². The standard InChI is InChI=1S/C22H14N2O7/c25-3-1-2-10-11-5-17-18(31-9-30-17)6-15(11)23-19-13(10)7-24-16(19)4-12-14(21(24)27)8-29-22(28)20(12)26/h1-6,20,26H,7-9H2/b2-1+/t20-/m0/s1. The summed E-state index contributed by atoms with van der Waals surface area (Å²) in [5.74, 6) is 0.352. The first-order valence-electron chi connectivity index (χ1n) is 9.56. The summed E-state index contributed by atoms with van der Waals surface area (Å²) in [6.07, 6.45) is 2.22. The van der Waals surface area contributed by atoms with Crippen molar-refractivity contribution in [2.24, 2.45) is 0 Å². The van der Waals surface area contributed by atoms with E-state index in [0.717, 1.165) is 16.5 Å². The number of rotatable bonds is 2. The van der Waals surface area contributed by atoms with E-state index in [1.165, 1.54) is 6.08 Å². The van der Waals surface area contributed by atoms with Crippen LogP contribution >= 0.6 is 0 Å². The topological polar surface area (TPSA) is 117 Å². The van der Waals surface area contributed by atoms with Gasteiger partial charge in [-0.15, -0.1) is 0 Å². The monoisotopic (exact) mass is 418 g/mol. The van der Waals surface area contributed by atoms with E-state index in [1.807, 2.05) is 6.07 Å². The van der Waals surface area contributed by atoms with Crippen LogP contribution in [0.3, 0.4) is 0 Å². The Morgan fingerprint density at radius 3 is 2.71 bits per heavy atom. The number of allylic oxidation sites excluding steroid dienone is 1. The van der Waals surface area contributed by atoms with Gasteiger partial charge in [0.1, 0.15) is 12.9 Å². The van der Waals surface area contributed by atoms with Gasteiger partial charge in [-0.3, -0.25) is 9.59 Å². The summed E-state index contributed by atoms with van der Waals surface area (Å²) >= 11 is 0. The molecule has 0 bridgehead atoms. The fraction of sp³-hybridized carbons (Fsp3) is 0.182. The molecule has 154 valence electrons. The Labute approximate surface area is 174 Å². The van der Waals surface area contributed by atoms with E-state index in [1.54, 1.807) is 22.8 Å². The van der Waals surface area contributed by atoms with Crippen molar-refractivity contribution in [2.75, 3.05) is 6.79 Å². The number of hydrogen-bond acceptors (Lipinski definition) is 8. The minimum Gasteiger partial charge on any atom is -0.458 e. The molecule has 9 nitrogen and oxygen atoms in total. The first kappa shape index (κ1) is 17.8. The molecule has 2 aromatic heterocycles. The van der Waals surface area contributed by atoms with Crippen molar-refractivity contribution in [3.8, 4) is 22.9 Å². The number of carbonyl (C=O) groups excluding carboxylic acids is 2. The SMILES string of the molecule is O=C/C=C/c1c2c(nc3cc4c(cc13)OCO4)-c1cc3c(c(=O)n1C2)COC(=O)[C@H]3O. The van der Waals surface area contributed by atoms with Gasteiger partial charge in [0, 0.05) is 22.6 Å². The number of carbonyl (C=O) groups is 2. The van der Waals surface area contributed by atoms with Crippen molar-refractivity contribution in [3.05, 3.63) is 56.9 Å². The molecule has 3 aromatic rings. The van der Waals surface area contributed by atoms with Gasteiger partial charge in [0.2, 0.25) is 6.79 Å². The van der Waals surface area contributed by atoms with Crippen LogP contribution in [-0.4, -0.2) is 33.7 Å². The molecule has 31 heavy (non-hydrogen) atoms. The number of aliphatic hydroxyl groups excluding tert-OH is 1. The molecule has 0 fully saturated rings. The third-order valence-electron chi connectivity index (χ3n) is 5.84. The largest absolute Gasteiger partial charge is 0.458 e. The van der Waals surface area contributed by atoms with Crippen LogP contribution in [-0.2, 0) is 27.5 Å². The van der Waals surface area contributed by atoms with Crippen molar-refractivity contribution in [3.63, 3.8) is 0 Å². The fourth-order valence-corrected chi connectivity index (χ4v) is 4.37. The summed E-state index contributed by atoms with van der Waals surface area (Å²) in [7, 11) is 0. The molecule has 9 heteroatoms. The molecule has 0 saturated carbocycles. The number of fused-ring (bicyclic) bond motifs is 6. The van der Waals surface area contributed by atoms with Gasteiger partial charge in [-0.1, -0.05) is 6.08 Å². The normalized spacial score (nSPS) is 18.1. The molecular weight excluding hydrogens is 404 g/mol. The van der Waals surface area contributed by atoms with Gasteiger partial charge in [-0.05, 0) is 23.8 Å². The minimum atomic E-state index is -1.52. The Balaban J connectivity index is 1.66. The van der Waals surface area contributed by atoms with Crippen molar-refractivity contribution < 1.29 is 28.9 Å². The van der Waals surface area contributed by atoms with Crippen LogP contribution in [0.2, 0.25) is 0 Å². The third-order valence-corrected chi connectivity index (χ3v) is 5.84. The zero-order valence-electron chi connectivity index (χ0n) is 16.0. The number of cyclic esters (lactones) is 1. The summed E-state index contributed by atoms with van der Waals surface area (Å²) in [6, 6.07) is 5.18. The van der Waals surface area contributed by atoms with Crippen LogP contribution in [0.4, 0.5) is 0 Å². The molecule has 0 amide bonds. The number of hydrogen-bond donors (Lipinski definition) is 1. The van der Waals surface area contributed by atoms with Crippen LogP contribution in [0.1, 0.15) is 28.4 Å². The van der Waals surface area contributed by atoms with Crippen molar-refractivity contribution in [1.29, 1.82) is 0 Å². The van der Waals surface area contributed by atoms with E-state index >= 15 is 0 Å². The molecule has 0 unspecified atom stereocenters. The Morgan fingerprint density at radius 1 is 1.10 bits per heavy atom. The predicted octanol–water partition coefficient (Wildman–Crippen LogP) is 1.46. The molecule has 1 N–H and O–H groups in total. The molecule has 5 heterocycles. The maximum atomic E-state index is 13.1. The Bertz CT molecular complexity index is 1420. The second kappa shape index (κ2) is 6.26. The number of esters is 1. The van der Waals surface area contributed by atoms with Crippen molar-refractivity contribution >= 4 is 29.2 Å². The number of aldehydes is 1. The van der Waals surface area contributed by atoms with Gasteiger partial charge in [0.25, 0.3) is 5.56 Å². The van der Waals surface area contributed by atoms with E-state index < -0.39 is 12.1 Å². The second-order valence-corrected chi connectivity index (χ2v) is 7.44. The highest BCUT2D eigenvalue weighted by Crippen LogP contribution is 2.42. The molecule has 3 aliphatic rings. The van der Waals surface area contributed by atoms with Crippen molar-refractivity contribution in [1.82, 2.24) is 9.55 Å². The number of aliphatic hydroxyl groups is 1. The van der Waals surface area contributed by atoms with Gasteiger partial charge in [0.05, 0.1) is 29.0 Å². The van der Waals surface area contributed by atoms with Gasteiger partial charge in [0.15, 0.2) is 17.6 Å². The highest BCUT2D eigenvalue weighted by molar-refractivity contribution is 5.96. The van der Waals surface area contributed by atoms with E-state index in [4.69, 9.17) is 19.2 Å². The lowest BCUT2D eigenvalue weighted by Crippen LogP contribution is -2.32. The predicted molar refractivity (Wildman–Crippen MR) is 107 cm³/mol. The van der Waals surface area contributed by atoms with Gasteiger partial charge in [-0.2, -0.15) is 0 Å². The van der Waals surface area contributed by atoms with Crippen molar-refractivity contribution in [2.45, 2.75) is 19.3 Å². The average molecular weight is 418 g/mol. The number of ether oxygens (including phenoxy) is 3. The van der Waals surface area contributed by atoms with Gasteiger partial charge >= 0.3 is 5.97 Å². The highest BCUT2D eigenvalue weighted by atomic mass is 16.7. The van der Waals surface area contributed by atoms with Crippen LogP contribution in [0, 0.1) is 0 Å². The highest BCUT2D eigenvalue weighted by Gasteiger charge is 2.34. The zero-order valence-corrected chi connectivity index (χ0v) is 16.0. The Hall–Kier alpha value is -3.98. The lowest BCUT2D eigenvalue weighted by Gasteiger charge is -2.21. The number of pyridine rings is 2. The van der Waals surface area contributed by atoms with E-state index in [0.29, 0.717) is 34.7 Å². The molecule has 0 spiro atoms. The molecule has 0 saturated heterocycles. The average Bonchev–Trinajstić information content (AvgIpc) is 3.37. The molecule has 6 rings (SSSR count). The fourth-order valence-electron chi connectivity index (χ4n) is 4.37. The third kappa shape index (κ3) is 2.40. The molecule has 0 radical (unpaired) electrons. The summed E-state index contributed by atoms with van der Waals surface area (Å²) in [4.78, 5) is 40.7. The number of aromatic nitrogens is 2. The summed E-state index contributed by atoms with van der Waals surface area (Å²) in [5, 5.41) is 11.0. The summed E-state index contributed by atoms with van der Waals surface area (Å²) in [5.41, 5.74) is 3.27. The lowest BCUT2D eigenvalue weighted by atomic mass is 9.98. The summed E-state index contributed by atoms with van der Waals surface area (Å²) in [6.45, 7) is 0.162. The first-order valence-corrected chi connectivity index (χ1v) is 9.56. The quantitative estimate of drug-likeness (QED) is 0.295. The van der Waals surface area contributed by atoms with E-state index in [-0.39, 0.29) is 36.6 Å². The molecule has 1 aromatic carbocycles. The molecule has 3 aliphatic heterocycles. The smallest absolute Gasteiger partial charge is 0.340 e. The lowest BCUT2D eigenvalue weighted by molar-refractivity contribution is -0.157. The van der Waals surface area contributed by atoms with Gasteiger partial charge in [-0.25, -0.2) is 9.78 Å². The minimum absolute atomic E-state index is 0.114. The van der Waals surface area contributed by atoms with Gasteiger partial charge < -0.3 is 23.9 Å². The number of benzene rings is 1. The maximum absolute atomic E-state index is 13.1. The van der Waals surface area contributed by atoms with E-state index in [9.17, 15) is 19.5 Å². The maximum Gasteiger partial charge on any atom is 0.340 e.